The Labute approximate surface area is 123 Å². The Bertz CT molecular complexity index is 348. The third kappa shape index (κ3) is 4.34. The highest BCUT2D eigenvalue weighted by molar-refractivity contribution is 5.75. The van der Waals surface area contributed by atoms with Crippen LogP contribution >= 0.6 is 0 Å². The van der Waals surface area contributed by atoms with Crippen LogP contribution in [0.1, 0.15) is 59.3 Å². The molecule has 0 saturated heterocycles. The Morgan fingerprint density at radius 2 is 1.80 bits per heavy atom. The fraction of sp³-hybridized carbons (Fsp3) is 0.824. The van der Waals surface area contributed by atoms with Crippen molar-refractivity contribution < 1.29 is 9.53 Å². The molecule has 2 rings (SSSR count). The number of carbonyl (C=O) groups is 1. The van der Waals surface area contributed by atoms with E-state index in [2.05, 4.69) is 17.1 Å². The molecule has 114 valence electrons. The Balaban J connectivity index is 1.89. The SMILES string of the molecule is CC(C)(C)C(=O)OC1C=CCN(C2CCCCCC2)C1. The van der Waals surface area contributed by atoms with Crippen molar-refractivity contribution in [1.29, 1.82) is 0 Å². The molecule has 1 heterocycles. The summed E-state index contributed by atoms with van der Waals surface area (Å²) in [6.45, 7) is 7.60. The van der Waals surface area contributed by atoms with Crippen LogP contribution in [0.25, 0.3) is 0 Å². The topological polar surface area (TPSA) is 29.5 Å². The van der Waals surface area contributed by atoms with E-state index in [0.717, 1.165) is 13.1 Å². The van der Waals surface area contributed by atoms with Gasteiger partial charge >= 0.3 is 5.97 Å². The molecule has 0 aromatic heterocycles. The third-order valence-corrected chi connectivity index (χ3v) is 4.32. The number of esters is 1. The lowest BCUT2D eigenvalue weighted by atomic mass is 9.97. The van der Waals surface area contributed by atoms with E-state index in [1.165, 1.54) is 38.5 Å². The quantitative estimate of drug-likeness (QED) is 0.440. The second kappa shape index (κ2) is 6.75. The van der Waals surface area contributed by atoms with Crippen LogP contribution in [0.5, 0.6) is 0 Å². The van der Waals surface area contributed by atoms with Crippen LogP contribution in [0.3, 0.4) is 0 Å². The minimum atomic E-state index is -0.418. The number of ether oxygens (including phenoxy) is 1. The molecular formula is C17H29NO2. The van der Waals surface area contributed by atoms with E-state index >= 15 is 0 Å². The summed E-state index contributed by atoms with van der Waals surface area (Å²) < 4.78 is 5.64. The maximum absolute atomic E-state index is 12.0. The van der Waals surface area contributed by atoms with Gasteiger partial charge in [0.15, 0.2) is 0 Å². The van der Waals surface area contributed by atoms with Gasteiger partial charge in [-0.2, -0.15) is 0 Å². The first-order valence-electron chi connectivity index (χ1n) is 8.08. The van der Waals surface area contributed by atoms with Crippen molar-refractivity contribution in [1.82, 2.24) is 4.90 Å². The number of nitrogens with zero attached hydrogens (tertiary/aromatic N) is 1. The lowest BCUT2D eigenvalue weighted by molar-refractivity contribution is -0.157. The predicted octanol–water partition coefficient (Wildman–Crippen LogP) is 3.54. The molecule has 0 spiro atoms. The molecule has 3 nitrogen and oxygen atoms in total. The van der Waals surface area contributed by atoms with E-state index in [1.54, 1.807) is 0 Å². The van der Waals surface area contributed by atoms with E-state index in [9.17, 15) is 4.79 Å². The first-order valence-corrected chi connectivity index (χ1v) is 8.08. The fourth-order valence-corrected chi connectivity index (χ4v) is 3.03. The summed E-state index contributed by atoms with van der Waals surface area (Å²) in [6, 6.07) is 0.679. The summed E-state index contributed by atoms with van der Waals surface area (Å²) in [5.74, 6) is -0.102. The third-order valence-electron chi connectivity index (χ3n) is 4.32. The average molecular weight is 279 g/mol. The van der Waals surface area contributed by atoms with Crippen LogP contribution in [0, 0.1) is 5.41 Å². The molecule has 1 atom stereocenters. The highest BCUT2D eigenvalue weighted by Gasteiger charge is 2.29. The molecule has 0 aromatic carbocycles. The molecule has 2 aliphatic rings. The molecule has 0 radical (unpaired) electrons. The molecule has 1 unspecified atom stereocenters. The van der Waals surface area contributed by atoms with E-state index in [-0.39, 0.29) is 12.1 Å². The Kier molecular flexibility index (Phi) is 5.25. The monoisotopic (exact) mass is 279 g/mol. The van der Waals surface area contributed by atoms with Crippen molar-refractivity contribution in [2.45, 2.75) is 71.4 Å². The molecule has 0 aromatic rings. The summed E-state index contributed by atoms with van der Waals surface area (Å²) in [5, 5.41) is 0. The minimum absolute atomic E-state index is 0.0706. The molecule has 1 aliphatic carbocycles. The normalized spacial score (nSPS) is 26.2. The van der Waals surface area contributed by atoms with Crippen molar-refractivity contribution in [3.05, 3.63) is 12.2 Å². The number of hydrogen-bond donors (Lipinski definition) is 0. The number of hydrogen-bond acceptors (Lipinski definition) is 3. The summed E-state index contributed by atoms with van der Waals surface area (Å²) in [4.78, 5) is 14.5. The van der Waals surface area contributed by atoms with Gasteiger partial charge in [-0.25, -0.2) is 0 Å². The molecular weight excluding hydrogens is 250 g/mol. The van der Waals surface area contributed by atoms with Gasteiger partial charge in [-0.05, 0) is 39.7 Å². The second-order valence-electron chi connectivity index (χ2n) is 7.22. The van der Waals surface area contributed by atoms with Gasteiger partial charge in [-0.15, -0.1) is 0 Å². The molecule has 20 heavy (non-hydrogen) atoms. The largest absolute Gasteiger partial charge is 0.456 e. The van der Waals surface area contributed by atoms with Crippen molar-refractivity contribution >= 4 is 5.97 Å². The maximum Gasteiger partial charge on any atom is 0.311 e. The lowest BCUT2D eigenvalue weighted by Crippen LogP contribution is -2.44. The van der Waals surface area contributed by atoms with Gasteiger partial charge in [0, 0.05) is 19.1 Å². The molecule has 0 bridgehead atoms. The summed E-state index contributed by atoms with van der Waals surface area (Å²) in [5.41, 5.74) is -0.418. The number of rotatable bonds is 2. The Hall–Kier alpha value is -0.830. The first kappa shape index (κ1) is 15.6. The summed E-state index contributed by atoms with van der Waals surface area (Å²) in [6.07, 6.45) is 12.2. The summed E-state index contributed by atoms with van der Waals surface area (Å²) >= 11 is 0. The molecule has 1 saturated carbocycles. The summed E-state index contributed by atoms with van der Waals surface area (Å²) in [7, 11) is 0. The van der Waals surface area contributed by atoms with Gasteiger partial charge in [-0.3, -0.25) is 9.69 Å². The maximum atomic E-state index is 12.0. The zero-order valence-corrected chi connectivity index (χ0v) is 13.2. The van der Waals surface area contributed by atoms with Crippen molar-refractivity contribution in [2.75, 3.05) is 13.1 Å². The first-order chi connectivity index (χ1) is 9.47. The van der Waals surface area contributed by atoms with E-state index in [1.807, 2.05) is 20.8 Å². The lowest BCUT2D eigenvalue weighted by Gasteiger charge is -2.35. The van der Waals surface area contributed by atoms with Crippen LogP contribution in [0.4, 0.5) is 0 Å². The van der Waals surface area contributed by atoms with E-state index in [4.69, 9.17) is 4.74 Å². The Morgan fingerprint density at radius 1 is 1.15 bits per heavy atom. The molecule has 0 N–H and O–H groups in total. The van der Waals surface area contributed by atoms with Gasteiger partial charge in [0.1, 0.15) is 6.10 Å². The van der Waals surface area contributed by atoms with Crippen LogP contribution < -0.4 is 0 Å². The predicted molar refractivity (Wildman–Crippen MR) is 81.5 cm³/mol. The minimum Gasteiger partial charge on any atom is -0.456 e. The van der Waals surface area contributed by atoms with Crippen molar-refractivity contribution in [3.63, 3.8) is 0 Å². The van der Waals surface area contributed by atoms with E-state index < -0.39 is 5.41 Å². The van der Waals surface area contributed by atoms with Gasteiger partial charge in [0.25, 0.3) is 0 Å². The van der Waals surface area contributed by atoms with Crippen molar-refractivity contribution in [3.8, 4) is 0 Å². The second-order valence-corrected chi connectivity index (χ2v) is 7.22. The molecule has 0 amide bonds. The highest BCUT2D eigenvalue weighted by Crippen LogP contribution is 2.24. The van der Waals surface area contributed by atoms with Gasteiger partial charge in [0.2, 0.25) is 0 Å². The average Bonchev–Trinajstić information content (AvgIpc) is 2.66. The van der Waals surface area contributed by atoms with Crippen LogP contribution in [0.15, 0.2) is 12.2 Å². The van der Waals surface area contributed by atoms with Gasteiger partial charge < -0.3 is 4.74 Å². The van der Waals surface area contributed by atoms with Gasteiger partial charge in [0.05, 0.1) is 5.41 Å². The van der Waals surface area contributed by atoms with E-state index in [0.29, 0.717) is 6.04 Å². The standard InChI is InChI=1S/C17H29NO2/c1-17(2,3)16(19)20-15-11-8-12-18(13-15)14-9-6-4-5-7-10-14/h8,11,14-15H,4-7,9-10,12-13H2,1-3H3. The van der Waals surface area contributed by atoms with Crippen LogP contribution in [0.2, 0.25) is 0 Å². The van der Waals surface area contributed by atoms with Crippen LogP contribution in [-0.2, 0) is 9.53 Å². The Morgan fingerprint density at radius 3 is 2.40 bits per heavy atom. The van der Waals surface area contributed by atoms with Crippen molar-refractivity contribution in [2.24, 2.45) is 5.41 Å². The van der Waals surface area contributed by atoms with Crippen LogP contribution in [-0.4, -0.2) is 36.1 Å². The molecule has 3 heteroatoms. The van der Waals surface area contributed by atoms with Gasteiger partial charge in [-0.1, -0.05) is 31.8 Å². The zero-order valence-electron chi connectivity index (χ0n) is 13.2. The number of carbonyl (C=O) groups excluding carboxylic acids is 1. The zero-order chi connectivity index (χ0) is 14.6. The fourth-order valence-electron chi connectivity index (χ4n) is 3.03. The smallest absolute Gasteiger partial charge is 0.311 e. The molecule has 1 fully saturated rings. The highest BCUT2D eigenvalue weighted by atomic mass is 16.5. The molecule has 1 aliphatic heterocycles.